The van der Waals surface area contributed by atoms with Gasteiger partial charge in [0.1, 0.15) is 5.82 Å². The Bertz CT molecular complexity index is 981. The summed E-state index contributed by atoms with van der Waals surface area (Å²) in [6.07, 6.45) is 1.73. The highest BCUT2D eigenvalue weighted by Crippen LogP contribution is 2.12. The number of amides is 1. The number of benzene rings is 1. The van der Waals surface area contributed by atoms with Crippen molar-refractivity contribution in [1.29, 1.82) is 0 Å². The molecule has 0 spiro atoms. The molecule has 0 unspecified atom stereocenters. The third-order valence-electron chi connectivity index (χ3n) is 3.90. The summed E-state index contributed by atoms with van der Waals surface area (Å²) >= 11 is 0. The first-order valence-electron chi connectivity index (χ1n) is 8.18. The Hall–Kier alpha value is -3.56. The number of aryl methyl sites for hydroxylation is 2. The minimum absolute atomic E-state index is 0.0832. The Kier molecular flexibility index (Phi) is 5.25. The Morgan fingerprint density at radius 3 is 2.78 bits per heavy atom. The van der Waals surface area contributed by atoms with Gasteiger partial charge < -0.3 is 15.4 Å². The number of carbonyl (C=O) groups is 1. The summed E-state index contributed by atoms with van der Waals surface area (Å²) in [6.45, 7) is 2.14. The minimum atomic E-state index is -0.578. The van der Waals surface area contributed by atoms with Crippen molar-refractivity contribution in [2.75, 3.05) is 5.32 Å². The van der Waals surface area contributed by atoms with E-state index in [0.29, 0.717) is 17.1 Å². The van der Waals surface area contributed by atoms with E-state index >= 15 is 0 Å². The largest absolute Gasteiger partial charge is 0.390 e. The molecule has 1 aromatic carbocycles. The van der Waals surface area contributed by atoms with Gasteiger partial charge in [0, 0.05) is 24.2 Å². The van der Waals surface area contributed by atoms with Gasteiger partial charge in [-0.05, 0) is 17.9 Å². The van der Waals surface area contributed by atoms with E-state index in [2.05, 4.69) is 15.5 Å². The van der Waals surface area contributed by atoms with Gasteiger partial charge in [-0.15, -0.1) is 0 Å². The molecule has 3 rings (SSSR count). The van der Waals surface area contributed by atoms with Crippen LogP contribution in [-0.2, 0) is 17.9 Å². The lowest BCUT2D eigenvalue weighted by atomic mass is 10.2. The van der Waals surface area contributed by atoms with Gasteiger partial charge in [-0.25, -0.2) is 4.39 Å². The molecule has 0 aliphatic rings. The summed E-state index contributed by atoms with van der Waals surface area (Å²) in [7, 11) is 0. The van der Waals surface area contributed by atoms with E-state index in [0.717, 1.165) is 0 Å². The highest BCUT2D eigenvalue weighted by molar-refractivity contribution is 5.89. The zero-order valence-corrected chi connectivity index (χ0v) is 14.5. The summed E-state index contributed by atoms with van der Waals surface area (Å²) in [4.78, 5) is 22.2. The molecule has 2 heterocycles. The quantitative estimate of drug-likeness (QED) is 0.506. The van der Waals surface area contributed by atoms with Crippen molar-refractivity contribution in [3.05, 3.63) is 69.8 Å². The molecule has 2 aromatic heterocycles. The number of nitrogens with zero attached hydrogens (tertiary/aromatic N) is 5. The Morgan fingerprint density at radius 1 is 1.30 bits per heavy atom. The molecular weight excluding hydrogens is 355 g/mol. The highest BCUT2D eigenvalue weighted by atomic mass is 19.1. The van der Waals surface area contributed by atoms with Crippen molar-refractivity contribution < 1.29 is 14.1 Å². The Morgan fingerprint density at radius 2 is 2.07 bits per heavy atom. The molecule has 0 saturated heterocycles. The summed E-state index contributed by atoms with van der Waals surface area (Å²) in [6, 6.07) is 9.37. The Balaban J connectivity index is 1.55. The van der Waals surface area contributed by atoms with E-state index in [1.807, 2.05) is 0 Å². The topological polar surface area (TPSA) is 108 Å². The maximum atomic E-state index is 13.7. The van der Waals surface area contributed by atoms with Crippen LogP contribution in [0.1, 0.15) is 17.7 Å². The van der Waals surface area contributed by atoms with Crippen molar-refractivity contribution in [3.63, 3.8) is 0 Å². The molecule has 140 valence electrons. The van der Waals surface area contributed by atoms with Crippen LogP contribution >= 0.6 is 0 Å². The van der Waals surface area contributed by atoms with Crippen LogP contribution in [0.5, 0.6) is 0 Å². The average Bonchev–Trinajstić information content (AvgIpc) is 3.21. The van der Waals surface area contributed by atoms with E-state index in [9.17, 15) is 19.3 Å². The van der Waals surface area contributed by atoms with Gasteiger partial charge in [0.15, 0.2) is 5.82 Å². The predicted octanol–water partition coefficient (Wildman–Crippen LogP) is 2.51. The molecule has 0 bridgehead atoms. The number of carbonyl (C=O) groups excluding carboxylic acids is 1. The van der Waals surface area contributed by atoms with E-state index in [4.69, 9.17) is 0 Å². The van der Waals surface area contributed by atoms with Gasteiger partial charge in [-0.1, -0.05) is 18.2 Å². The van der Waals surface area contributed by atoms with E-state index in [-0.39, 0.29) is 37.1 Å². The van der Waals surface area contributed by atoms with Crippen molar-refractivity contribution in [2.24, 2.45) is 0 Å². The second kappa shape index (κ2) is 7.77. The van der Waals surface area contributed by atoms with E-state index < -0.39 is 4.92 Å². The summed E-state index contributed by atoms with van der Waals surface area (Å²) in [5, 5.41) is 21.4. The lowest BCUT2D eigenvalue weighted by molar-refractivity contribution is -0.389. The summed E-state index contributed by atoms with van der Waals surface area (Å²) < 4.78 is 16.6. The fourth-order valence-corrected chi connectivity index (χ4v) is 2.54. The molecule has 10 heteroatoms. The van der Waals surface area contributed by atoms with Crippen molar-refractivity contribution in [1.82, 2.24) is 19.6 Å². The molecular formula is C17H17FN6O3. The Labute approximate surface area is 153 Å². The van der Waals surface area contributed by atoms with Gasteiger partial charge in [0.05, 0.1) is 29.9 Å². The van der Waals surface area contributed by atoms with Crippen LogP contribution in [0.2, 0.25) is 0 Å². The van der Waals surface area contributed by atoms with Gasteiger partial charge >= 0.3 is 5.82 Å². The van der Waals surface area contributed by atoms with Gasteiger partial charge in [-0.2, -0.15) is 9.78 Å². The third-order valence-corrected chi connectivity index (χ3v) is 3.90. The van der Waals surface area contributed by atoms with Crippen LogP contribution in [0.15, 0.2) is 42.6 Å². The van der Waals surface area contributed by atoms with Gasteiger partial charge in [-0.3, -0.25) is 9.48 Å². The highest BCUT2D eigenvalue weighted by Gasteiger charge is 2.16. The molecule has 1 amide bonds. The first-order valence-corrected chi connectivity index (χ1v) is 8.18. The third kappa shape index (κ3) is 4.54. The van der Waals surface area contributed by atoms with Gasteiger partial charge in [0.2, 0.25) is 5.91 Å². The molecule has 0 radical (unpaired) electrons. The zero-order chi connectivity index (χ0) is 19.4. The summed E-state index contributed by atoms with van der Waals surface area (Å²) in [5.41, 5.74) is 1.10. The normalized spacial score (nSPS) is 10.7. The van der Waals surface area contributed by atoms with Crippen LogP contribution in [-0.4, -0.2) is 30.4 Å². The summed E-state index contributed by atoms with van der Waals surface area (Å²) in [5.74, 6) is -0.523. The monoisotopic (exact) mass is 372 g/mol. The number of hydrogen-bond donors (Lipinski definition) is 1. The fourth-order valence-electron chi connectivity index (χ4n) is 2.54. The van der Waals surface area contributed by atoms with Gasteiger partial charge in [0.25, 0.3) is 0 Å². The molecule has 3 aromatic rings. The SMILES string of the molecule is Cc1cc([N+](=O)[O-])nn1CCC(=O)Nc1ccn(Cc2ccccc2F)n1. The standard InChI is InChI=1S/C17H17FN6O3/c1-12-10-16(24(26)27)21-23(12)9-7-17(25)19-15-6-8-22(20-15)11-13-4-2-3-5-14(13)18/h2-6,8,10H,7,9,11H2,1H3,(H,19,20,25). The molecule has 0 saturated carbocycles. The molecule has 1 N–H and O–H groups in total. The maximum absolute atomic E-state index is 13.7. The molecule has 0 aliphatic carbocycles. The molecule has 0 aliphatic heterocycles. The lowest BCUT2D eigenvalue weighted by Gasteiger charge is -2.04. The average molecular weight is 372 g/mol. The second-order valence-corrected chi connectivity index (χ2v) is 5.91. The zero-order valence-electron chi connectivity index (χ0n) is 14.5. The second-order valence-electron chi connectivity index (χ2n) is 5.91. The first kappa shape index (κ1) is 18.2. The smallest absolute Gasteiger partial charge is 0.358 e. The van der Waals surface area contributed by atoms with Crippen LogP contribution in [0.3, 0.4) is 0 Å². The van der Waals surface area contributed by atoms with Crippen molar-refractivity contribution in [3.8, 4) is 0 Å². The van der Waals surface area contributed by atoms with E-state index in [1.54, 1.807) is 37.4 Å². The van der Waals surface area contributed by atoms with Crippen LogP contribution in [0.25, 0.3) is 0 Å². The number of anilines is 1. The maximum Gasteiger partial charge on any atom is 0.390 e. The number of nitro groups is 1. The van der Waals surface area contributed by atoms with Crippen LogP contribution in [0.4, 0.5) is 16.0 Å². The van der Waals surface area contributed by atoms with Crippen molar-refractivity contribution >= 4 is 17.5 Å². The number of nitrogens with one attached hydrogen (secondary N) is 1. The van der Waals surface area contributed by atoms with E-state index in [1.165, 1.54) is 21.5 Å². The number of halogens is 1. The van der Waals surface area contributed by atoms with Crippen molar-refractivity contribution in [2.45, 2.75) is 26.4 Å². The lowest BCUT2D eigenvalue weighted by Crippen LogP contribution is -2.16. The molecule has 9 nitrogen and oxygen atoms in total. The van der Waals surface area contributed by atoms with Crippen LogP contribution < -0.4 is 5.32 Å². The number of hydrogen-bond acceptors (Lipinski definition) is 5. The number of rotatable bonds is 7. The van der Waals surface area contributed by atoms with Crippen LogP contribution in [0, 0.1) is 22.9 Å². The first-order chi connectivity index (χ1) is 12.9. The fraction of sp³-hybridized carbons (Fsp3) is 0.235. The molecule has 27 heavy (non-hydrogen) atoms. The molecule has 0 atom stereocenters. The number of aromatic nitrogens is 4. The minimum Gasteiger partial charge on any atom is -0.358 e. The predicted molar refractivity (Wildman–Crippen MR) is 94.6 cm³/mol. The molecule has 0 fully saturated rings.